The third kappa shape index (κ3) is 4.56. The number of nitrogens with zero attached hydrogens (tertiary/aromatic N) is 3. The van der Waals surface area contributed by atoms with Gasteiger partial charge in [-0.15, -0.1) is 10.2 Å². The fraction of sp³-hybridized carbons (Fsp3) is 0.222. The van der Waals surface area contributed by atoms with Gasteiger partial charge in [-0.05, 0) is 37.3 Å². The molecule has 0 aliphatic heterocycles. The summed E-state index contributed by atoms with van der Waals surface area (Å²) < 4.78 is 7.09. The molecule has 2 amide bonds. The number of nitrogens with one attached hydrogen (secondary N) is 2. The molecule has 9 heteroatoms. The molecule has 2 N–H and O–H groups in total. The number of furan rings is 1. The molecular weight excluding hydrogens is 366 g/mol. The van der Waals surface area contributed by atoms with Gasteiger partial charge in [0.25, 0.3) is 5.91 Å². The number of benzene rings is 1. The second-order valence-corrected chi connectivity index (χ2v) is 6.56. The highest BCUT2D eigenvalue weighted by Crippen LogP contribution is 2.23. The molecule has 140 valence electrons. The van der Waals surface area contributed by atoms with Crippen molar-refractivity contribution >= 4 is 29.3 Å². The highest BCUT2D eigenvalue weighted by Gasteiger charge is 2.15. The molecule has 0 fully saturated rings. The van der Waals surface area contributed by atoms with Crippen LogP contribution in [0.4, 0.5) is 5.69 Å². The maximum absolute atomic E-state index is 12.2. The first-order chi connectivity index (χ1) is 13.1. The lowest BCUT2D eigenvalue weighted by Crippen LogP contribution is -2.23. The summed E-state index contributed by atoms with van der Waals surface area (Å²) in [6.45, 7) is 2.40. The topological polar surface area (TPSA) is 102 Å². The van der Waals surface area contributed by atoms with Gasteiger partial charge in [0.05, 0.1) is 12.0 Å². The van der Waals surface area contributed by atoms with Crippen molar-refractivity contribution in [3.8, 4) is 11.6 Å². The summed E-state index contributed by atoms with van der Waals surface area (Å²) in [6, 6.07) is 10.4. The number of aromatic nitrogens is 3. The Morgan fingerprint density at radius 3 is 2.81 bits per heavy atom. The summed E-state index contributed by atoms with van der Waals surface area (Å²) in [5.41, 5.74) is 1.07. The van der Waals surface area contributed by atoms with E-state index in [1.807, 2.05) is 14.0 Å². The molecule has 1 aromatic carbocycles. The van der Waals surface area contributed by atoms with Gasteiger partial charge in [0.2, 0.25) is 5.91 Å². The first-order valence-electron chi connectivity index (χ1n) is 8.32. The van der Waals surface area contributed by atoms with Crippen LogP contribution < -0.4 is 10.6 Å². The van der Waals surface area contributed by atoms with Crippen LogP contribution in [-0.2, 0) is 11.8 Å². The fourth-order valence-corrected chi connectivity index (χ4v) is 3.10. The predicted molar refractivity (Wildman–Crippen MR) is 103 cm³/mol. The van der Waals surface area contributed by atoms with Crippen LogP contribution in [0, 0.1) is 0 Å². The van der Waals surface area contributed by atoms with Crippen LogP contribution in [0.3, 0.4) is 0 Å². The van der Waals surface area contributed by atoms with Gasteiger partial charge in [0.1, 0.15) is 0 Å². The van der Waals surface area contributed by atoms with E-state index in [0.717, 1.165) is 0 Å². The number of thioether (sulfide) groups is 1. The second kappa shape index (κ2) is 8.54. The first kappa shape index (κ1) is 18.7. The van der Waals surface area contributed by atoms with Gasteiger partial charge < -0.3 is 19.6 Å². The van der Waals surface area contributed by atoms with Crippen LogP contribution in [-0.4, -0.2) is 38.9 Å². The molecule has 2 aromatic heterocycles. The molecule has 0 bridgehead atoms. The number of rotatable bonds is 7. The Labute approximate surface area is 160 Å². The molecule has 2 heterocycles. The normalized spacial score (nSPS) is 10.6. The van der Waals surface area contributed by atoms with Gasteiger partial charge in [0.15, 0.2) is 16.7 Å². The van der Waals surface area contributed by atoms with Gasteiger partial charge in [-0.1, -0.05) is 17.8 Å². The van der Waals surface area contributed by atoms with E-state index in [0.29, 0.717) is 34.5 Å². The Morgan fingerprint density at radius 2 is 2.07 bits per heavy atom. The van der Waals surface area contributed by atoms with Crippen molar-refractivity contribution in [1.82, 2.24) is 20.1 Å². The van der Waals surface area contributed by atoms with Gasteiger partial charge in [-0.2, -0.15) is 0 Å². The van der Waals surface area contributed by atoms with Crippen LogP contribution >= 0.6 is 11.8 Å². The van der Waals surface area contributed by atoms with Crippen molar-refractivity contribution in [2.45, 2.75) is 12.1 Å². The molecule has 3 aromatic rings. The molecule has 8 nitrogen and oxygen atoms in total. The Balaban J connectivity index is 1.59. The van der Waals surface area contributed by atoms with Crippen molar-refractivity contribution in [2.24, 2.45) is 7.05 Å². The van der Waals surface area contributed by atoms with E-state index in [-0.39, 0.29) is 17.6 Å². The Hall–Kier alpha value is -3.07. The van der Waals surface area contributed by atoms with Crippen LogP contribution in [0.15, 0.2) is 52.2 Å². The maximum Gasteiger partial charge on any atom is 0.251 e. The van der Waals surface area contributed by atoms with Gasteiger partial charge >= 0.3 is 0 Å². The Morgan fingerprint density at radius 1 is 1.22 bits per heavy atom. The van der Waals surface area contributed by atoms with E-state index in [1.165, 1.54) is 11.8 Å². The van der Waals surface area contributed by atoms with E-state index in [2.05, 4.69) is 20.8 Å². The van der Waals surface area contributed by atoms with Crippen LogP contribution in [0.5, 0.6) is 0 Å². The standard InChI is InChI=1S/C18H19N5O3S/c1-3-19-17(25)12-6-4-7-13(10-12)20-15(24)11-27-18-22-21-16(23(18)2)14-8-5-9-26-14/h4-10H,3,11H2,1-2H3,(H,19,25)(H,20,24). The second-order valence-electron chi connectivity index (χ2n) is 5.62. The molecule has 0 radical (unpaired) electrons. The third-order valence-electron chi connectivity index (χ3n) is 3.65. The summed E-state index contributed by atoms with van der Waals surface area (Å²) in [4.78, 5) is 24.1. The molecule has 0 saturated carbocycles. The Bertz CT molecular complexity index is 936. The highest BCUT2D eigenvalue weighted by molar-refractivity contribution is 7.99. The van der Waals surface area contributed by atoms with Crippen LogP contribution in [0.1, 0.15) is 17.3 Å². The molecule has 0 aliphatic carbocycles. The van der Waals surface area contributed by atoms with Gasteiger partial charge in [-0.25, -0.2) is 0 Å². The summed E-state index contributed by atoms with van der Waals surface area (Å²) in [5, 5.41) is 14.3. The lowest BCUT2D eigenvalue weighted by atomic mass is 10.2. The molecule has 0 unspecified atom stereocenters. The molecular formula is C18H19N5O3S. The highest BCUT2D eigenvalue weighted by atomic mass is 32.2. The molecule has 0 saturated heterocycles. The van der Waals surface area contributed by atoms with Gasteiger partial charge in [-0.3, -0.25) is 9.59 Å². The average Bonchev–Trinajstić information content (AvgIpc) is 3.30. The van der Waals surface area contributed by atoms with Crippen LogP contribution in [0.2, 0.25) is 0 Å². The number of anilines is 1. The number of carbonyl (C=O) groups excluding carboxylic acids is 2. The molecule has 0 atom stereocenters. The average molecular weight is 385 g/mol. The zero-order valence-corrected chi connectivity index (χ0v) is 15.7. The zero-order valence-electron chi connectivity index (χ0n) is 14.9. The van der Waals surface area contributed by atoms with E-state index in [1.54, 1.807) is 47.2 Å². The SMILES string of the molecule is CCNC(=O)c1cccc(NC(=O)CSc2nnc(-c3ccco3)n2C)c1. The van der Waals surface area contributed by atoms with Crippen molar-refractivity contribution in [1.29, 1.82) is 0 Å². The zero-order chi connectivity index (χ0) is 19.2. The summed E-state index contributed by atoms with van der Waals surface area (Å²) >= 11 is 1.27. The lowest BCUT2D eigenvalue weighted by Gasteiger charge is -2.07. The van der Waals surface area contributed by atoms with Crippen molar-refractivity contribution in [2.75, 3.05) is 17.6 Å². The molecule has 0 aliphatic rings. The number of hydrogen-bond donors (Lipinski definition) is 2. The summed E-state index contributed by atoms with van der Waals surface area (Å²) in [7, 11) is 1.81. The quantitative estimate of drug-likeness (QED) is 0.606. The van der Waals surface area contributed by atoms with Crippen molar-refractivity contribution in [3.63, 3.8) is 0 Å². The largest absolute Gasteiger partial charge is 0.461 e. The minimum atomic E-state index is -0.199. The third-order valence-corrected chi connectivity index (χ3v) is 4.67. The lowest BCUT2D eigenvalue weighted by molar-refractivity contribution is -0.113. The van der Waals surface area contributed by atoms with Crippen LogP contribution in [0.25, 0.3) is 11.6 Å². The predicted octanol–water partition coefficient (Wildman–Crippen LogP) is 2.56. The molecule has 3 rings (SSSR count). The number of hydrogen-bond acceptors (Lipinski definition) is 6. The minimum Gasteiger partial charge on any atom is -0.461 e. The number of amides is 2. The van der Waals surface area contributed by atoms with E-state index < -0.39 is 0 Å². The van der Waals surface area contributed by atoms with E-state index in [4.69, 9.17) is 4.42 Å². The van der Waals surface area contributed by atoms with Crippen molar-refractivity contribution in [3.05, 3.63) is 48.2 Å². The van der Waals surface area contributed by atoms with Gasteiger partial charge in [0, 0.05) is 24.8 Å². The molecule has 27 heavy (non-hydrogen) atoms. The summed E-state index contributed by atoms with van der Waals surface area (Å²) in [6.07, 6.45) is 1.57. The monoisotopic (exact) mass is 385 g/mol. The van der Waals surface area contributed by atoms with Crippen molar-refractivity contribution < 1.29 is 14.0 Å². The van der Waals surface area contributed by atoms with E-state index >= 15 is 0 Å². The first-order valence-corrected chi connectivity index (χ1v) is 9.31. The Kier molecular flexibility index (Phi) is 5.92. The summed E-state index contributed by atoms with van der Waals surface area (Å²) in [5.74, 6) is 0.999. The number of carbonyl (C=O) groups is 2. The fourth-order valence-electron chi connectivity index (χ4n) is 2.39. The maximum atomic E-state index is 12.2. The molecule has 0 spiro atoms. The van der Waals surface area contributed by atoms with E-state index in [9.17, 15) is 9.59 Å². The minimum absolute atomic E-state index is 0.162. The smallest absolute Gasteiger partial charge is 0.251 e.